The van der Waals surface area contributed by atoms with Crippen molar-refractivity contribution < 1.29 is 9.31 Å². The van der Waals surface area contributed by atoms with Gasteiger partial charge < -0.3 is 11.1 Å². The minimum atomic E-state index is -0.545. The molecule has 0 radical (unpaired) electrons. The van der Waals surface area contributed by atoms with Crippen molar-refractivity contribution in [2.75, 3.05) is 11.1 Å². The molecule has 19 heavy (non-hydrogen) atoms. The Morgan fingerprint density at radius 3 is 2.63 bits per heavy atom. The van der Waals surface area contributed by atoms with E-state index in [1.54, 1.807) is 19.1 Å². The van der Waals surface area contributed by atoms with Gasteiger partial charge in [0.05, 0.1) is 4.92 Å². The van der Waals surface area contributed by atoms with Gasteiger partial charge in [0, 0.05) is 5.69 Å². The number of para-hydroxylation sites is 1. The van der Waals surface area contributed by atoms with E-state index in [4.69, 9.17) is 5.73 Å². The average molecular weight is 261 g/mol. The van der Waals surface area contributed by atoms with Crippen LogP contribution in [0, 0.1) is 22.9 Å². The fraction of sp³-hybridized carbons (Fsp3) is 0.0769. The first-order valence-electron chi connectivity index (χ1n) is 5.55. The van der Waals surface area contributed by atoms with Crippen LogP contribution in [0.3, 0.4) is 0 Å². The number of nitrogen functional groups attached to an aromatic ring is 1. The number of benzene rings is 2. The van der Waals surface area contributed by atoms with Crippen molar-refractivity contribution in [3.63, 3.8) is 0 Å². The van der Waals surface area contributed by atoms with Crippen molar-refractivity contribution in [2.24, 2.45) is 0 Å². The van der Waals surface area contributed by atoms with Crippen LogP contribution in [-0.4, -0.2) is 4.92 Å². The standard InChI is InChI=1S/C13H12FN3O2/c1-8-7-9(14)5-6-11(8)16-12-4-2-3-10(15)13(12)17(18)19/h2-7,16H,15H2,1H3. The second-order valence-electron chi connectivity index (χ2n) is 4.08. The lowest BCUT2D eigenvalue weighted by molar-refractivity contribution is -0.383. The van der Waals surface area contributed by atoms with Crippen molar-refractivity contribution in [3.05, 3.63) is 57.9 Å². The molecular weight excluding hydrogens is 249 g/mol. The van der Waals surface area contributed by atoms with E-state index in [9.17, 15) is 14.5 Å². The van der Waals surface area contributed by atoms with Crippen molar-refractivity contribution in [1.82, 2.24) is 0 Å². The molecule has 3 N–H and O–H groups in total. The Bertz CT molecular complexity index is 644. The highest BCUT2D eigenvalue weighted by Crippen LogP contribution is 2.33. The zero-order valence-electron chi connectivity index (χ0n) is 10.2. The number of anilines is 3. The molecule has 0 saturated carbocycles. The molecule has 0 spiro atoms. The highest BCUT2D eigenvalue weighted by molar-refractivity contribution is 5.78. The van der Waals surface area contributed by atoms with Crippen LogP contribution in [0.4, 0.5) is 27.1 Å². The minimum Gasteiger partial charge on any atom is -0.393 e. The van der Waals surface area contributed by atoms with Gasteiger partial charge in [-0.15, -0.1) is 0 Å². The molecule has 0 bridgehead atoms. The third-order valence-electron chi connectivity index (χ3n) is 2.71. The number of hydrogen-bond acceptors (Lipinski definition) is 4. The van der Waals surface area contributed by atoms with Gasteiger partial charge >= 0.3 is 5.69 Å². The summed E-state index contributed by atoms with van der Waals surface area (Å²) in [4.78, 5) is 10.5. The Morgan fingerprint density at radius 1 is 1.26 bits per heavy atom. The summed E-state index contributed by atoms with van der Waals surface area (Å²) in [5.41, 5.74) is 7.01. The molecule has 6 heteroatoms. The minimum absolute atomic E-state index is 0.0785. The van der Waals surface area contributed by atoms with Crippen LogP contribution in [0.5, 0.6) is 0 Å². The molecular formula is C13H12FN3O2. The zero-order valence-corrected chi connectivity index (χ0v) is 10.2. The number of nitro groups is 1. The lowest BCUT2D eigenvalue weighted by Gasteiger charge is -2.10. The predicted octanol–water partition coefficient (Wildman–Crippen LogP) is 3.37. The van der Waals surface area contributed by atoms with E-state index in [2.05, 4.69) is 5.32 Å². The lowest BCUT2D eigenvalue weighted by Crippen LogP contribution is -2.01. The molecule has 0 saturated heterocycles. The first kappa shape index (κ1) is 12.8. The molecule has 2 aromatic rings. The Labute approximate surface area is 109 Å². The smallest absolute Gasteiger partial charge is 0.315 e. The van der Waals surface area contributed by atoms with Crippen molar-refractivity contribution in [2.45, 2.75) is 6.92 Å². The predicted molar refractivity (Wildman–Crippen MR) is 71.9 cm³/mol. The zero-order chi connectivity index (χ0) is 14.0. The summed E-state index contributed by atoms with van der Waals surface area (Å²) in [5, 5.41) is 13.9. The van der Waals surface area contributed by atoms with Gasteiger partial charge in [-0.2, -0.15) is 0 Å². The third-order valence-corrected chi connectivity index (χ3v) is 2.71. The normalized spacial score (nSPS) is 10.2. The molecule has 0 aliphatic carbocycles. The summed E-state index contributed by atoms with van der Waals surface area (Å²) in [6.07, 6.45) is 0. The SMILES string of the molecule is Cc1cc(F)ccc1Nc1cccc(N)c1[N+](=O)[O-]. The Morgan fingerprint density at radius 2 is 2.00 bits per heavy atom. The number of hydrogen-bond donors (Lipinski definition) is 2. The lowest BCUT2D eigenvalue weighted by atomic mass is 10.1. The summed E-state index contributed by atoms with van der Waals surface area (Å²) in [7, 11) is 0. The first-order valence-corrected chi connectivity index (χ1v) is 5.55. The van der Waals surface area contributed by atoms with Crippen molar-refractivity contribution in [3.8, 4) is 0 Å². The maximum absolute atomic E-state index is 13.0. The van der Waals surface area contributed by atoms with Crippen LogP contribution in [0.25, 0.3) is 0 Å². The summed E-state index contributed by atoms with van der Waals surface area (Å²) in [6, 6.07) is 8.78. The van der Waals surface area contributed by atoms with Crippen LogP contribution in [0.15, 0.2) is 36.4 Å². The Kier molecular flexibility index (Phi) is 3.33. The van der Waals surface area contributed by atoms with Crippen LogP contribution in [0.1, 0.15) is 5.56 Å². The van der Waals surface area contributed by atoms with Gasteiger partial charge in [0.25, 0.3) is 0 Å². The molecule has 2 rings (SSSR count). The van der Waals surface area contributed by atoms with Gasteiger partial charge in [-0.25, -0.2) is 4.39 Å². The second kappa shape index (κ2) is 4.93. The number of aryl methyl sites for hydroxylation is 1. The molecule has 0 amide bonds. The van der Waals surface area contributed by atoms with Crippen LogP contribution in [0.2, 0.25) is 0 Å². The highest BCUT2D eigenvalue weighted by Gasteiger charge is 2.18. The van der Waals surface area contributed by atoms with Gasteiger partial charge in [-0.1, -0.05) is 6.07 Å². The van der Waals surface area contributed by atoms with Gasteiger partial charge in [0.2, 0.25) is 0 Å². The van der Waals surface area contributed by atoms with Crippen molar-refractivity contribution in [1.29, 1.82) is 0 Å². The molecule has 0 heterocycles. The fourth-order valence-electron chi connectivity index (χ4n) is 1.78. The van der Waals surface area contributed by atoms with E-state index in [-0.39, 0.29) is 22.9 Å². The maximum atomic E-state index is 13.0. The largest absolute Gasteiger partial charge is 0.393 e. The van der Waals surface area contributed by atoms with Gasteiger partial charge in [-0.3, -0.25) is 10.1 Å². The van der Waals surface area contributed by atoms with Crippen LogP contribution in [-0.2, 0) is 0 Å². The van der Waals surface area contributed by atoms with Crippen LogP contribution < -0.4 is 11.1 Å². The van der Waals surface area contributed by atoms with Gasteiger partial charge in [-0.05, 0) is 42.8 Å². The number of nitro benzene ring substituents is 1. The molecule has 98 valence electrons. The molecule has 2 aromatic carbocycles. The fourth-order valence-corrected chi connectivity index (χ4v) is 1.78. The van der Waals surface area contributed by atoms with Crippen molar-refractivity contribution >= 4 is 22.7 Å². The first-order chi connectivity index (χ1) is 8.99. The van der Waals surface area contributed by atoms with E-state index >= 15 is 0 Å². The molecule has 0 fully saturated rings. The topological polar surface area (TPSA) is 81.2 Å². The molecule has 0 unspecified atom stereocenters. The second-order valence-corrected chi connectivity index (χ2v) is 4.08. The van der Waals surface area contributed by atoms with E-state index in [1.807, 2.05) is 0 Å². The summed E-state index contributed by atoms with van der Waals surface area (Å²) in [5.74, 6) is -0.356. The number of halogens is 1. The quantitative estimate of drug-likeness (QED) is 0.504. The third kappa shape index (κ3) is 2.62. The summed E-state index contributed by atoms with van der Waals surface area (Å²) in [6.45, 7) is 1.71. The highest BCUT2D eigenvalue weighted by atomic mass is 19.1. The van der Waals surface area contributed by atoms with E-state index in [0.717, 1.165) is 0 Å². The van der Waals surface area contributed by atoms with E-state index < -0.39 is 4.92 Å². The number of nitrogens with two attached hydrogens (primary N) is 1. The number of rotatable bonds is 3. The summed E-state index contributed by atoms with van der Waals surface area (Å²) < 4.78 is 13.0. The molecule has 5 nitrogen and oxygen atoms in total. The van der Waals surface area contributed by atoms with Gasteiger partial charge in [0.15, 0.2) is 0 Å². The summed E-state index contributed by atoms with van der Waals surface area (Å²) >= 11 is 0. The number of nitrogens with zero attached hydrogens (tertiary/aromatic N) is 1. The number of nitrogens with one attached hydrogen (secondary N) is 1. The Balaban J connectivity index is 2.44. The average Bonchev–Trinajstić information content (AvgIpc) is 2.32. The molecule has 0 aliphatic heterocycles. The monoisotopic (exact) mass is 261 g/mol. The maximum Gasteiger partial charge on any atom is 0.315 e. The van der Waals surface area contributed by atoms with E-state index in [0.29, 0.717) is 11.3 Å². The molecule has 0 aliphatic rings. The Hall–Kier alpha value is -2.63. The van der Waals surface area contributed by atoms with Gasteiger partial charge in [0.1, 0.15) is 17.2 Å². The molecule has 0 aromatic heterocycles. The molecule has 0 atom stereocenters. The van der Waals surface area contributed by atoms with E-state index in [1.165, 1.54) is 24.3 Å². The van der Waals surface area contributed by atoms with Crippen LogP contribution >= 0.6 is 0 Å².